The van der Waals surface area contributed by atoms with Gasteiger partial charge < -0.3 is 10.2 Å². The van der Waals surface area contributed by atoms with Crippen molar-refractivity contribution < 1.29 is 0 Å². The summed E-state index contributed by atoms with van der Waals surface area (Å²) >= 11 is 0. The molecule has 2 aliphatic heterocycles. The van der Waals surface area contributed by atoms with E-state index in [4.69, 9.17) is 0 Å². The molecule has 0 saturated carbocycles. The maximum Gasteiger partial charge on any atom is 0.0247 e. The van der Waals surface area contributed by atoms with Crippen LogP contribution in [-0.4, -0.2) is 60.6 Å². The van der Waals surface area contributed by atoms with Crippen LogP contribution in [0.1, 0.15) is 53.4 Å². The van der Waals surface area contributed by atoms with Crippen molar-refractivity contribution in [2.24, 2.45) is 5.92 Å². The van der Waals surface area contributed by atoms with Crippen molar-refractivity contribution in [3.63, 3.8) is 0 Å². The second-order valence-corrected chi connectivity index (χ2v) is 7.41. The molecule has 20 heavy (non-hydrogen) atoms. The molecule has 4 unspecified atom stereocenters. The summed E-state index contributed by atoms with van der Waals surface area (Å²) in [6, 6.07) is 2.98. The van der Waals surface area contributed by atoms with Gasteiger partial charge in [0.05, 0.1) is 0 Å². The van der Waals surface area contributed by atoms with Gasteiger partial charge in [-0.25, -0.2) is 0 Å². The highest BCUT2D eigenvalue weighted by Crippen LogP contribution is 2.27. The van der Waals surface area contributed by atoms with Gasteiger partial charge in [-0.2, -0.15) is 0 Å². The van der Waals surface area contributed by atoms with E-state index in [2.05, 4.69) is 49.9 Å². The van der Waals surface area contributed by atoms with Crippen molar-refractivity contribution in [2.45, 2.75) is 77.5 Å². The lowest BCUT2D eigenvalue weighted by Gasteiger charge is -2.49. The number of piperazine rings is 1. The van der Waals surface area contributed by atoms with Gasteiger partial charge in [0.1, 0.15) is 0 Å². The highest BCUT2D eigenvalue weighted by Gasteiger charge is 2.36. The van der Waals surface area contributed by atoms with E-state index in [1.807, 2.05) is 0 Å². The first-order chi connectivity index (χ1) is 9.52. The third-order valence-corrected chi connectivity index (χ3v) is 5.53. The van der Waals surface area contributed by atoms with E-state index in [0.717, 1.165) is 24.0 Å². The van der Waals surface area contributed by atoms with Gasteiger partial charge >= 0.3 is 0 Å². The van der Waals surface area contributed by atoms with Crippen LogP contribution >= 0.6 is 0 Å². The largest absolute Gasteiger partial charge is 0.311 e. The lowest BCUT2D eigenvalue weighted by Crippen LogP contribution is -2.62. The van der Waals surface area contributed by atoms with E-state index in [-0.39, 0.29) is 0 Å². The highest BCUT2D eigenvalue weighted by atomic mass is 15.3. The quantitative estimate of drug-likeness (QED) is 0.854. The molecule has 0 amide bonds. The van der Waals surface area contributed by atoms with E-state index < -0.39 is 0 Å². The zero-order chi connectivity index (χ0) is 14.7. The normalized spacial score (nSPS) is 37.5. The molecule has 0 spiro atoms. The fraction of sp³-hybridized carbons (Fsp3) is 1.00. The van der Waals surface area contributed by atoms with Crippen LogP contribution in [0.4, 0.5) is 0 Å². The molecule has 0 aliphatic carbocycles. The molecule has 1 N–H and O–H groups in total. The van der Waals surface area contributed by atoms with Gasteiger partial charge in [0, 0.05) is 37.3 Å². The fourth-order valence-electron chi connectivity index (χ4n) is 4.01. The van der Waals surface area contributed by atoms with Gasteiger partial charge in [0.15, 0.2) is 0 Å². The molecule has 2 rings (SSSR count). The Morgan fingerprint density at radius 3 is 2.65 bits per heavy atom. The molecule has 118 valence electrons. The third-order valence-electron chi connectivity index (χ3n) is 5.53. The van der Waals surface area contributed by atoms with Crippen LogP contribution in [0.3, 0.4) is 0 Å². The predicted octanol–water partition coefficient (Wildman–Crippen LogP) is 2.57. The number of hydrogen-bond acceptors (Lipinski definition) is 3. The van der Waals surface area contributed by atoms with Gasteiger partial charge in [-0.15, -0.1) is 0 Å². The fourth-order valence-corrected chi connectivity index (χ4v) is 4.01. The molecule has 4 atom stereocenters. The molecule has 3 nitrogen and oxygen atoms in total. The van der Waals surface area contributed by atoms with Crippen molar-refractivity contribution in [2.75, 3.05) is 26.7 Å². The third kappa shape index (κ3) is 3.75. The lowest BCUT2D eigenvalue weighted by molar-refractivity contribution is 0.0131. The van der Waals surface area contributed by atoms with E-state index in [0.29, 0.717) is 6.04 Å². The van der Waals surface area contributed by atoms with Crippen LogP contribution < -0.4 is 5.32 Å². The first kappa shape index (κ1) is 16.3. The van der Waals surface area contributed by atoms with Gasteiger partial charge in [-0.3, -0.25) is 4.90 Å². The van der Waals surface area contributed by atoms with Crippen LogP contribution in [0.25, 0.3) is 0 Å². The maximum absolute atomic E-state index is 3.79. The first-order valence-electron chi connectivity index (χ1n) is 8.72. The molecule has 0 aromatic carbocycles. The second kappa shape index (κ2) is 7.24. The SMILES string of the molecule is CCCC1CN(C2CCN(C)C(C)C2)C(C(C)C)CN1. The number of hydrogen-bond donors (Lipinski definition) is 1. The summed E-state index contributed by atoms with van der Waals surface area (Å²) in [5, 5.41) is 3.79. The first-order valence-corrected chi connectivity index (χ1v) is 8.72. The van der Waals surface area contributed by atoms with E-state index in [1.54, 1.807) is 0 Å². The van der Waals surface area contributed by atoms with Crippen molar-refractivity contribution in [3.05, 3.63) is 0 Å². The zero-order valence-electron chi connectivity index (χ0n) is 14.2. The summed E-state index contributed by atoms with van der Waals surface area (Å²) < 4.78 is 0. The molecule has 2 heterocycles. The monoisotopic (exact) mass is 281 g/mol. The predicted molar refractivity (Wildman–Crippen MR) is 87.1 cm³/mol. The Bertz CT molecular complexity index is 292. The number of rotatable bonds is 4. The average molecular weight is 281 g/mol. The molecule has 0 aromatic heterocycles. The van der Waals surface area contributed by atoms with Crippen LogP contribution in [0, 0.1) is 5.92 Å². The van der Waals surface area contributed by atoms with Crippen molar-refractivity contribution in [1.29, 1.82) is 0 Å². The highest BCUT2D eigenvalue weighted by molar-refractivity contribution is 4.94. The van der Waals surface area contributed by atoms with E-state index in [1.165, 1.54) is 45.3 Å². The van der Waals surface area contributed by atoms with Gasteiger partial charge in [-0.1, -0.05) is 27.2 Å². The average Bonchev–Trinajstić information content (AvgIpc) is 2.42. The number of nitrogens with one attached hydrogen (secondary N) is 1. The van der Waals surface area contributed by atoms with Gasteiger partial charge in [0.2, 0.25) is 0 Å². The van der Waals surface area contributed by atoms with Crippen LogP contribution in [0.5, 0.6) is 0 Å². The lowest BCUT2D eigenvalue weighted by atomic mass is 9.90. The molecule has 2 aliphatic rings. The maximum atomic E-state index is 3.79. The minimum absolute atomic E-state index is 0.713. The molecule has 2 fully saturated rings. The minimum atomic E-state index is 0.713. The molecular formula is C17H35N3. The van der Waals surface area contributed by atoms with Gasteiger partial charge in [0.25, 0.3) is 0 Å². The summed E-state index contributed by atoms with van der Waals surface area (Å²) in [5.74, 6) is 0.750. The van der Waals surface area contributed by atoms with E-state index in [9.17, 15) is 0 Å². The van der Waals surface area contributed by atoms with Crippen LogP contribution in [-0.2, 0) is 0 Å². The van der Waals surface area contributed by atoms with Crippen LogP contribution in [0.2, 0.25) is 0 Å². The number of likely N-dealkylation sites (tertiary alicyclic amines) is 1. The molecule has 0 radical (unpaired) electrons. The molecule has 3 heteroatoms. The summed E-state index contributed by atoms with van der Waals surface area (Å²) in [6.45, 7) is 13.2. The summed E-state index contributed by atoms with van der Waals surface area (Å²) in [6.07, 6.45) is 5.31. The van der Waals surface area contributed by atoms with Crippen LogP contribution in [0.15, 0.2) is 0 Å². The minimum Gasteiger partial charge on any atom is -0.311 e. The van der Waals surface area contributed by atoms with Crippen molar-refractivity contribution >= 4 is 0 Å². The second-order valence-electron chi connectivity index (χ2n) is 7.41. The molecule has 0 bridgehead atoms. The Labute approximate surface area is 126 Å². The standard InChI is InChI=1S/C17H35N3/c1-6-7-15-12-20(17(11-18-15)13(2)3)16-8-9-19(5)14(4)10-16/h13-18H,6-12H2,1-5H3. The Morgan fingerprint density at radius 2 is 2.05 bits per heavy atom. The Morgan fingerprint density at radius 1 is 1.30 bits per heavy atom. The van der Waals surface area contributed by atoms with Crippen molar-refractivity contribution in [3.8, 4) is 0 Å². The van der Waals surface area contributed by atoms with Gasteiger partial charge in [-0.05, 0) is 45.7 Å². The zero-order valence-corrected chi connectivity index (χ0v) is 14.2. The summed E-state index contributed by atoms with van der Waals surface area (Å²) in [5.41, 5.74) is 0. The Kier molecular flexibility index (Phi) is 5.88. The topological polar surface area (TPSA) is 18.5 Å². The Hall–Kier alpha value is -0.120. The number of nitrogens with zero attached hydrogens (tertiary/aromatic N) is 2. The summed E-state index contributed by atoms with van der Waals surface area (Å²) in [4.78, 5) is 5.39. The summed E-state index contributed by atoms with van der Waals surface area (Å²) in [7, 11) is 2.28. The Balaban J connectivity index is 2.03. The molecule has 0 aromatic rings. The smallest absolute Gasteiger partial charge is 0.0247 e. The van der Waals surface area contributed by atoms with E-state index >= 15 is 0 Å². The van der Waals surface area contributed by atoms with Crippen molar-refractivity contribution in [1.82, 2.24) is 15.1 Å². The molecular weight excluding hydrogens is 246 g/mol. The number of piperidine rings is 1. The molecule has 2 saturated heterocycles.